The molecule has 0 bridgehead atoms. The van der Waals surface area contributed by atoms with Crippen LogP contribution in [-0.2, 0) is 22.9 Å². The van der Waals surface area contributed by atoms with Crippen molar-refractivity contribution in [3.8, 4) is 0 Å². The molecule has 2 aromatic carbocycles. The Labute approximate surface area is 187 Å². The number of allylic oxidation sites excluding steroid dienone is 2. The van der Waals surface area contributed by atoms with E-state index in [-0.39, 0.29) is 24.8 Å². The Morgan fingerprint density at radius 3 is 1.48 bits per heavy atom. The number of hydrogen-bond donors (Lipinski definition) is 0. The summed E-state index contributed by atoms with van der Waals surface area (Å²) >= 11 is -0.946. The van der Waals surface area contributed by atoms with Crippen LogP contribution in [0.4, 0.5) is 0 Å². The second-order valence-electron chi connectivity index (χ2n) is 7.23. The molecule has 27 heavy (non-hydrogen) atoms. The summed E-state index contributed by atoms with van der Waals surface area (Å²) in [5.41, 5.74) is 9.72. The summed E-state index contributed by atoms with van der Waals surface area (Å²) in [6.45, 7) is 4.64. The Kier molecular flexibility index (Phi) is 8.59. The number of hydrogen-bond acceptors (Lipinski definition) is 0. The minimum Gasteiger partial charge on any atom is -1.00 e. The van der Waals surface area contributed by atoms with Gasteiger partial charge >= 0.3 is 164 Å². The van der Waals surface area contributed by atoms with Gasteiger partial charge in [-0.1, -0.05) is 0 Å². The molecule has 0 fully saturated rings. The molecule has 0 heterocycles. The topological polar surface area (TPSA) is 0 Å². The van der Waals surface area contributed by atoms with Gasteiger partial charge in [-0.05, 0) is 0 Å². The van der Waals surface area contributed by atoms with Gasteiger partial charge in [-0.2, -0.15) is 0 Å². The van der Waals surface area contributed by atoms with E-state index >= 15 is 0 Å². The van der Waals surface area contributed by atoms with Gasteiger partial charge in [0.15, 0.2) is 0 Å². The molecule has 2 unspecified atom stereocenters. The summed E-state index contributed by atoms with van der Waals surface area (Å²) in [5.74, 6) is 0. The summed E-state index contributed by atoms with van der Waals surface area (Å²) < 4.78 is 1.57. The third kappa shape index (κ3) is 4.52. The first-order chi connectivity index (χ1) is 12.3. The first-order valence-corrected chi connectivity index (χ1v) is 13.8. The van der Waals surface area contributed by atoms with Gasteiger partial charge in [-0.15, -0.1) is 0 Å². The molecule has 3 heteroatoms. The molecule has 0 radical (unpaired) electrons. The van der Waals surface area contributed by atoms with E-state index in [2.05, 4.69) is 74.5 Å². The van der Waals surface area contributed by atoms with Crippen molar-refractivity contribution in [3.63, 3.8) is 0 Å². The van der Waals surface area contributed by atoms with E-state index in [1.165, 1.54) is 36.8 Å². The maximum absolute atomic E-state index is 2.51. The van der Waals surface area contributed by atoms with Gasteiger partial charge in [0.05, 0.1) is 0 Å². The van der Waals surface area contributed by atoms with Gasteiger partial charge < -0.3 is 24.8 Å². The third-order valence-corrected chi connectivity index (χ3v) is 12.7. The molecule has 0 aromatic heterocycles. The minimum absolute atomic E-state index is 0. The van der Waals surface area contributed by atoms with E-state index in [1.807, 2.05) is 0 Å². The molecule has 2 aliphatic rings. The van der Waals surface area contributed by atoms with Crippen LogP contribution in [0.2, 0.25) is 0 Å². The molecule has 0 aliphatic heterocycles. The molecule has 140 valence electrons. The van der Waals surface area contributed by atoms with Gasteiger partial charge in [-0.3, -0.25) is 0 Å². The fourth-order valence-corrected chi connectivity index (χ4v) is 11.9. The number of benzene rings is 2. The molecule has 0 saturated heterocycles. The summed E-state index contributed by atoms with van der Waals surface area (Å²) in [5, 5.41) is 0. The Balaban J connectivity index is 0.00000131. The predicted molar refractivity (Wildman–Crippen MR) is 104 cm³/mol. The van der Waals surface area contributed by atoms with E-state index < -0.39 is 22.9 Å². The van der Waals surface area contributed by atoms with Crippen molar-refractivity contribution in [2.75, 3.05) is 0 Å². The fourth-order valence-electron chi connectivity index (χ4n) is 4.35. The van der Waals surface area contributed by atoms with Crippen LogP contribution in [0.25, 0.3) is 12.2 Å². The Bertz CT molecular complexity index is 768. The molecular formula is C24H26Cl2Hf. The van der Waals surface area contributed by atoms with Crippen LogP contribution in [0, 0.1) is 0 Å². The molecule has 4 rings (SSSR count). The largest absolute Gasteiger partial charge is 1.00 e. The standard InChI is InChI=1S/2C12H13.2ClH.Hf/c2*1-2-5-10-8-11-6-3-4-7-12(11)9-10;;;/h2*3-4,6-9H,2,5H2,1H3;2*1H;/q;;;;+2/p-2. The van der Waals surface area contributed by atoms with E-state index in [0.717, 1.165) is 7.35 Å². The molecular weight excluding hydrogens is 538 g/mol. The molecule has 2 aliphatic carbocycles. The molecule has 0 spiro atoms. The number of halogens is 2. The zero-order valence-electron chi connectivity index (χ0n) is 16.0. The second kappa shape index (κ2) is 10.2. The van der Waals surface area contributed by atoms with E-state index in [9.17, 15) is 0 Å². The monoisotopic (exact) mass is 564 g/mol. The van der Waals surface area contributed by atoms with Crippen LogP contribution in [0.1, 0.15) is 69.1 Å². The van der Waals surface area contributed by atoms with E-state index in [0.29, 0.717) is 0 Å². The molecule has 2 atom stereocenters. The van der Waals surface area contributed by atoms with Crippen LogP contribution >= 0.6 is 0 Å². The summed E-state index contributed by atoms with van der Waals surface area (Å²) in [6.07, 6.45) is 10.1. The zero-order chi connectivity index (χ0) is 17.2. The smallest absolute Gasteiger partial charge is 1.00 e. The zero-order valence-corrected chi connectivity index (χ0v) is 21.1. The minimum atomic E-state index is -0.946. The molecule has 0 saturated carbocycles. The van der Waals surface area contributed by atoms with Crippen molar-refractivity contribution in [1.82, 2.24) is 0 Å². The quantitative estimate of drug-likeness (QED) is 0.460. The molecule has 0 amide bonds. The first-order valence-electron chi connectivity index (χ1n) is 9.66. The molecule has 0 nitrogen and oxygen atoms in total. The number of fused-ring (bicyclic) bond motifs is 2. The SMILES string of the molecule is CCCC1=Cc2ccccc2[CH]1[Hf+2][CH]1C(CCC)=Cc2ccccc21.[Cl-].[Cl-]. The van der Waals surface area contributed by atoms with Crippen molar-refractivity contribution < 1.29 is 47.7 Å². The normalized spacial score (nSPS) is 19.0. The third-order valence-electron chi connectivity index (χ3n) is 5.45. The Morgan fingerprint density at radius 1 is 0.667 bits per heavy atom. The summed E-state index contributed by atoms with van der Waals surface area (Å²) in [4.78, 5) is 0. The van der Waals surface area contributed by atoms with Crippen molar-refractivity contribution in [2.45, 2.75) is 46.9 Å². The van der Waals surface area contributed by atoms with Gasteiger partial charge in [0.1, 0.15) is 0 Å². The summed E-state index contributed by atoms with van der Waals surface area (Å²) in [7, 11) is 0. The van der Waals surface area contributed by atoms with Gasteiger partial charge in [0, 0.05) is 0 Å². The molecule has 2 aromatic rings. The fraction of sp³-hybridized carbons (Fsp3) is 0.333. The number of rotatable bonds is 6. The first kappa shape index (κ1) is 22.7. The van der Waals surface area contributed by atoms with Gasteiger partial charge in [-0.25, -0.2) is 0 Å². The van der Waals surface area contributed by atoms with Crippen LogP contribution in [0.3, 0.4) is 0 Å². The van der Waals surface area contributed by atoms with E-state index in [4.69, 9.17) is 0 Å². The van der Waals surface area contributed by atoms with Crippen molar-refractivity contribution >= 4 is 12.2 Å². The van der Waals surface area contributed by atoms with Crippen LogP contribution in [0.5, 0.6) is 0 Å². The maximum atomic E-state index is 2.51. The Hall–Kier alpha value is -0.630. The van der Waals surface area contributed by atoms with Crippen LogP contribution in [-0.4, -0.2) is 0 Å². The van der Waals surface area contributed by atoms with E-state index in [1.54, 1.807) is 22.3 Å². The average molecular weight is 564 g/mol. The summed E-state index contributed by atoms with van der Waals surface area (Å²) in [6, 6.07) is 18.3. The predicted octanol–water partition coefficient (Wildman–Crippen LogP) is 0.954. The van der Waals surface area contributed by atoms with Crippen molar-refractivity contribution in [3.05, 3.63) is 81.9 Å². The Morgan fingerprint density at radius 2 is 1.07 bits per heavy atom. The van der Waals surface area contributed by atoms with Crippen molar-refractivity contribution in [1.29, 1.82) is 0 Å². The molecule has 0 N–H and O–H groups in total. The average Bonchev–Trinajstić information content (AvgIpc) is 3.15. The maximum Gasteiger partial charge on any atom is -1.00 e. The second-order valence-corrected chi connectivity index (χ2v) is 12.6. The van der Waals surface area contributed by atoms with Gasteiger partial charge in [0.25, 0.3) is 0 Å². The van der Waals surface area contributed by atoms with Gasteiger partial charge in [0.2, 0.25) is 0 Å². The van der Waals surface area contributed by atoms with Crippen LogP contribution in [0.15, 0.2) is 59.7 Å². The van der Waals surface area contributed by atoms with Crippen LogP contribution < -0.4 is 24.8 Å². The van der Waals surface area contributed by atoms with Crippen molar-refractivity contribution in [2.24, 2.45) is 0 Å².